The van der Waals surface area contributed by atoms with Crippen molar-refractivity contribution in [3.8, 4) is 0 Å². The first-order valence-corrected chi connectivity index (χ1v) is 51.0. The van der Waals surface area contributed by atoms with Crippen molar-refractivity contribution in [3.05, 3.63) is 307 Å². The van der Waals surface area contributed by atoms with Crippen LogP contribution in [0.25, 0.3) is 22.3 Å². The van der Waals surface area contributed by atoms with Crippen LogP contribution in [0.15, 0.2) is 218 Å². The summed E-state index contributed by atoms with van der Waals surface area (Å²) in [6.07, 6.45) is 30.5. The van der Waals surface area contributed by atoms with E-state index in [1.807, 2.05) is 39.8 Å². The Labute approximate surface area is 793 Å². The fourth-order valence-corrected chi connectivity index (χ4v) is 25.4. The van der Waals surface area contributed by atoms with Gasteiger partial charge in [0, 0.05) is 68.0 Å². The second-order valence-electron chi connectivity index (χ2n) is 44.4. The minimum Gasteiger partial charge on any atom is -0.352 e. The molecule has 0 spiro atoms. The number of amides is 1. The van der Waals surface area contributed by atoms with Gasteiger partial charge in [-0.25, -0.2) is 0 Å². The Morgan fingerprint density at radius 1 is 0.321 bits per heavy atom. The van der Waals surface area contributed by atoms with Crippen molar-refractivity contribution in [1.29, 1.82) is 5.41 Å². The number of Topliss-reactive ketones (excluding diaryl/α,β-unsaturated/α-hetero) is 1. The molecule has 131 heavy (non-hydrogen) atoms. The molecule has 12 aliphatic rings. The standard InChI is InChI=1S/4C17H23N.C15H21NO.C13H19N.C13H17N.C13H16O/c4*1-2-11-18-12-9-15(10-13-18)17-8-7-14-5-3-4-6-16(14)17;1-10(17)16-13-14(2,3)11-8-6-7-9-12(11)15(13,4)5;3*1-12(2)9-7-5-6-8-10(9)13(3,4)11(12)14/h4*3-6,8,15H,2,7,9-13H2,1H3;6-9,13H,1-5H3,(H,16,17);5-8,11H,14H2,1-4H3;5-8,14H,1-4H3;5-8H,1-4H3. The number of allylic oxidation sites excluding steroid dienone is 8. The number of nitrogens with two attached hydrogens (primary N) is 1. The molecule has 4 N–H and O–H groups in total. The van der Waals surface area contributed by atoms with Gasteiger partial charge < -0.3 is 36.1 Å². The number of rotatable bonds is 13. The Morgan fingerprint density at radius 3 is 0.756 bits per heavy atom. The molecule has 8 aliphatic carbocycles. The van der Waals surface area contributed by atoms with E-state index in [2.05, 4.69) is 342 Å². The van der Waals surface area contributed by atoms with Crippen molar-refractivity contribution in [1.82, 2.24) is 24.9 Å². The van der Waals surface area contributed by atoms with Crippen LogP contribution in [0.4, 0.5) is 0 Å². The normalized spacial score (nSPS) is 21.4. The van der Waals surface area contributed by atoms with Crippen LogP contribution in [0.2, 0.25) is 0 Å². The highest BCUT2D eigenvalue weighted by atomic mass is 16.1. The third kappa shape index (κ3) is 21.5. The molecule has 4 aliphatic heterocycles. The SMILES string of the molecule is CC(=O)NC1C(C)(C)c2ccccc2C1(C)C.CC1(C)C(=N)C(C)(C)c2ccccc21.CC1(C)C(=O)C(C)(C)c2ccccc21.CC1(C)c2ccccc2C(C)(C)C1N.CCCN1CCC(C2=CCc3ccccc32)CC1.CCCN1CCC(C2=CCc3ccccc32)CC1.CCCN1CCC(C2=CCc3ccccc32)CC1.CCCN1CCC(C2=CCc3ccccc32)CC1. The van der Waals surface area contributed by atoms with Crippen LogP contribution in [0.1, 0.15) is 311 Å². The fraction of sp³-hybridized carbons (Fsp3) is 0.516. The van der Waals surface area contributed by atoms with Crippen molar-refractivity contribution >= 4 is 39.7 Å². The lowest BCUT2D eigenvalue weighted by Crippen LogP contribution is -2.51. The molecule has 20 rings (SSSR count). The summed E-state index contributed by atoms with van der Waals surface area (Å²) in [7, 11) is 0. The van der Waals surface area contributed by atoms with E-state index >= 15 is 0 Å². The number of carbonyl (C=O) groups is 2. The first-order valence-electron chi connectivity index (χ1n) is 51.0. The highest BCUT2D eigenvalue weighted by Crippen LogP contribution is 2.53. The number of hydrogen-bond donors (Lipinski definition) is 3. The summed E-state index contributed by atoms with van der Waals surface area (Å²) < 4.78 is 0. The number of carbonyl (C=O) groups excluding carboxylic acids is 2. The average molecular weight is 1760 g/mol. The molecule has 700 valence electrons. The van der Waals surface area contributed by atoms with E-state index < -0.39 is 0 Å². The summed E-state index contributed by atoms with van der Waals surface area (Å²) in [6.45, 7) is 60.6. The van der Waals surface area contributed by atoms with E-state index in [4.69, 9.17) is 11.1 Å². The molecule has 8 aromatic rings. The van der Waals surface area contributed by atoms with Crippen molar-refractivity contribution in [2.45, 2.75) is 304 Å². The van der Waals surface area contributed by atoms with E-state index in [9.17, 15) is 9.59 Å². The van der Waals surface area contributed by atoms with Crippen molar-refractivity contribution in [2.75, 3.05) is 78.5 Å². The van der Waals surface area contributed by atoms with Gasteiger partial charge in [-0.1, -0.05) is 329 Å². The Morgan fingerprint density at radius 2 is 0.527 bits per heavy atom. The van der Waals surface area contributed by atoms with Gasteiger partial charge in [-0.2, -0.15) is 0 Å². The fourth-order valence-electron chi connectivity index (χ4n) is 25.4. The number of fused-ring (bicyclic) bond motifs is 8. The van der Waals surface area contributed by atoms with Crippen molar-refractivity contribution in [3.63, 3.8) is 0 Å². The summed E-state index contributed by atoms with van der Waals surface area (Å²) in [4.78, 5) is 34.1. The summed E-state index contributed by atoms with van der Waals surface area (Å²) in [5.74, 6) is 3.60. The first-order chi connectivity index (χ1) is 62.4. The summed E-state index contributed by atoms with van der Waals surface area (Å²) in [6, 6.07) is 69.9. The first kappa shape index (κ1) is 99.8. The van der Waals surface area contributed by atoms with Gasteiger partial charge in [-0.05, 0) is 344 Å². The molecule has 0 radical (unpaired) electrons. The zero-order chi connectivity index (χ0) is 94.0. The second kappa shape index (κ2) is 42.5. The molecule has 4 saturated heterocycles. The maximum atomic E-state index is 12.2. The van der Waals surface area contributed by atoms with Crippen LogP contribution < -0.4 is 11.1 Å². The number of nitrogens with one attached hydrogen (secondary N) is 2. The van der Waals surface area contributed by atoms with Crippen LogP contribution in [0.5, 0.6) is 0 Å². The molecular formula is C122H165N7O2. The zero-order valence-electron chi connectivity index (χ0n) is 84.7. The molecule has 1 amide bonds. The number of benzene rings is 8. The molecule has 9 heteroatoms. The second-order valence-corrected chi connectivity index (χ2v) is 44.4. The molecule has 0 aromatic heterocycles. The van der Waals surface area contributed by atoms with Crippen LogP contribution in [-0.4, -0.2) is 128 Å². The molecule has 0 unspecified atom stereocenters. The molecule has 4 heterocycles. The van der Waals surface area contributed by atoms with Crippen LogP contribution in [0, 0.1) is 29.1 Å². The molecule has 0 saturated carbocycles. The highest BCUT2D eigenvalue weighted by Gasteiger charge is 2.53. The maximum absolute atomic E-state index is 12.2. The number of hydrogen-bond acceptors (Lipinski definition) is 8. The minimum atomic E-state index is -0.319. The van der Waals surface area contributed by atoms with Crippen molar-refractivity contribution < 1.29 is 9.59 Å². The number of likely N-dealkylation sites (tertiary alicyclic amines) is 4. The maximum Gasteiger partial charge on any atom is 0.217 e. The topological polar surface area (TPSA) is 109 Å². The van der Waals surface area contributed by atoms with E-state index in [0.29, 0.717) is 5.78 Å². The smallest absolute Gasteiger partial charge is 0.217 e. The Bertz CT molecular complexity index is 4800. The third-order valence-corrected chi connectivity index (χ3v) is 32.7. The predicted octanol–water partition coefficient (Wildman–Crippen LogP) is 26.4. The largest absolute Gasteiger partial charge is 0.352 e. The number of ketones is 1. The van der Waals surface area contributed by atoms with Gasteiger partial charge in [-0.15, -0.1) is 0 Å². The van der Waals surface area contributed by atoms with Crippen LogP contribution in [0.3, 0.4) is 0 Å². The Kier molecular flexibility index (Phi) is 32.4. The van der Waals surface area contributed by atoms with Crippen LogP contribution >= 0.6 is 0 Å². The summed E-state index contributed by atoms with van der Waals surface area (Å²) in [5.41, 5.74) is 35.8. The van der Waals surface area contributed by atoms with Crippen molar-refractivity contribution in [2.24, 2.45) is 29.4 Å². The van der Waals surface area contributed by atoms with Gasteiger partial charge in [0.05, 0.1) is 0 Å². The van der Waals surface area contributed by atoms with Gasteiger partial charge in [0.25, 0.3) is 0 Å². The van der Waals surface area contributed by atoms with E-state index in [1.54, 1.807) is 29.2 Å². The highest BCUT2D eigenvalue weighted by molar-refractivity contribution is 6.05. The predicted molar refractivity (Wildman–Crippen MR) is 559 cm³/mol. The van der Waals surface area contributed by atoms with E-state index in [1.165, 1.54) is 245 Å². The van der Waals surface area contributed by atoms with Gasteiger partial charge in [-0.3, -0.25) is 9.59 Å². The van der Waals surface area contributed by atoms with Gasteiger partial charge in [0.2, 0.25) is 5.91 Å². The average Bonchev–Trinajstić information content (AvgIpc) is 1.49. The number of piperidine rings is 4. The van der Waals surface area contributed by atoms with Gasteiger partial charge in [0.15, 0.2) is 5.78 Å². The molecule has 9 nitrogen and oxygen atoms in total. The molecule has 0 atom stereocenters. The minimum absolute atomic E-state index is 0.0221. The molecule has 4 fully saturated rings. The Balaban J connectivity index is 0.000000128. The number of nitrogens with zero attached hydrogens (tertiary/aromatic N) is 4. The Hall–Kier alpha value is -8.67. The van der Waals surface area contributed by atoms with Crippen LogP contribution in [-0.2, 0) is 78.6 Å². The van der Waals surface area contributed by atoms with Gasteiger partial charge >= 0.3 is 0 Å². The monoisotopic (exact) mass is 1760 g/mol. The lowest BCUT2D eigenvalue weighted by molar-refractivity contribution is -0.126. The third-order valence-electron chi connectivity index (χ3n) is 32.7. The quantitative estimate of drug-likeness (QED) is 0.106. The summed E-state index contributed by atoms with van der Waals surface area (Å²) >= 11 is 0. The van der Waals surface area contributed by atoms with Gasteiger partial charge in [0.1, 0.15) is 0 Å². The van der Waals surface area contributed by atoms with E-state index in [0.717, 1.165) is 55.1 Å². The zero-order valence-corrected chi connectivity index (χ0v) is 84.7. The molecular weight excluding hydrogens is 1600 g/mol. The molecule has 0 bridgehead atoms. The molecule has 8 aromatic carbocycles. The lowest BCUT2D eigenvalue weighted by Gasteiger charge is -2.36. The lowest BCUT2D eigenvalue weighted by atomic mass is 9.76. The van der Waals surface area contributed by atoms with E-state index in [-0.39, 0.29) is 61.3 Å². The summed E-state index contributed by atoms with van der Waals surface area (Å²) in [5, 5.41) is 11.4.